The lowest BCUT2D eigenvalue weighted by atomic mass is 9.97. The van der Waals surface area contributed by atoms with Gasteiger partial charge in [0.05, 0.1) is 5.56 Å². The summed E-state index contributed by atoms with van der Waals surface area (Å²) in [5, 5.41) is 0. The number of hydrogen-bond acceptors (Lipinski definition) is 2. The first kappa shape index (κ1) is 20.1. The van der Waals surface area contributed by atoms with Gasteiger partial charge in [-0.2, -0.15) is 13.2 Å². The van der Waals surface area contributed by atoms with Crippen molar-refractivity contribution in [3.8, 4) is 16.9 Å². The van der Waals surface area contributed by atoms with E-state index in [1.54, 1.807) is 0 Å². The number of halogens is 7. The van der Waals surface area contributed by atoms with Crippen molar-refractivity contribution >= 4 is 12.4 Å². The standard InChI is InChI=1S/C15H11F6NO.ClH/c16-14(17,18)11-4-5-13(10(6-11)8-22)9-2-1-3-12(7-9)23-15(19,20)21;/h1-7H,8,22H2;1H. The summed E-state index contributed by atoms with van der Waals surface area (Å²) < 4.78 is 78.6. The molecule has 0 unspecified atom stereocenters. The van der Waals surface area contributed by atoms with Crippen molar-refractivity contribution in [2.75, 3.05) is 0 Å². The highest BCUT2D eigenvalue weighted by Crippen LogP contribution is 2.34. The van der Waals surface area contributed by atoms with Gasteiger partial charge in [0.1, 0.15) is 5.75 Å². The first-order valence-electron chi connectivity index (χ1n) is 6.36. The number of benzene rings is 2. The monoisotopic (exact) mass is 371 g/mol. The molecule has 0 aromatic heterocycles. The van der Waals surface area contributed by atoms with Crippen LogP contribution >= 0.6 is 12.4 Å². The summed E-state index contributed by atoms with van der Waals surface area (Å²) in [6, 6.07) is 7.88. The average Bonchev–Trinajstić information content (AvgIpc) is 2.44. The largest absolute Gasteiger partial charge is 0.573 e. The quantitative estimate of drug-likeness (QED) is 0.757. The Morgan fingerprint density at radius 1 is 0.917 bits per heavy atom. The molecule has 2 aromatic rings. The maximum absolute atomic E-state index is 12.7. The van der Waals surface area contributed by atoms with Crippen LogP contribution in [0.1, 0.15) is 11.1 Å². The van der Waals surface area contributed by atoms with E-state index in [4.69, 9.17) is 5.73 Å². The third-order valence-corrected chi connectivity index (χ3v) is 3.03. The van der Waals surface area contributed by atoms with E-state index in [1.165, 1.54) is 18.2 Å². The van der Waals surface area contributed by atoms with Gasteiger partial charge in [-0.25, -0.2) is 0 Å². The second kappa shape index (κ2) is 7.31. The van der Waals surface area contributed by atoms with Crippen molar-refractivity contribution in [3.05, 3.63) is 53.6 Å². The van der Waals surface area contributed by atoms with E-state index in [9.17, 15) is 26.3 Å². The fourth-order valence-electron chi connectivity index (χ4n) is 2.08. The van der Waals surface area contributed by atoms with E-state index in [-0.39, 0.29) is 30.1 Å². The third-order valence-electron chi connectivity index (χ3n) is 3.03. The molecule has 2 N–H and O–H groups in total. The Bertz CT molecular complexity index is 699. The topological polar surface area (TPSA) is 35.2 Å². The minimum absolute atomic E-state index is 0. The van der Waals surface area contributed by atoms with Crippen LogP contribution in [-0.2, 0) is 12.7 Å². The predicted octanol–water partition coefficient (Wildman–Crippen LogP) is 5.15. The van der Waals surface area contributed by atoms with E-state index in [0.29, 0.717) is 5.56 Å². The minimum atomic E-state index is -4.85. The molecule has 0 bridgehead atoms. The van der Waals surface area contributed by atoms with E-state index in [0.717, 1.165) is 24.3 Å². The molecule has 0 amide bonds. The zero-order chi connectivity index (χ0) is 17.3. The Kier molecular flexibility index (Phi) is 6.13. The second-order valence-corrected chi connectivity index (χ2v) is 4.65. The molecule has 0 radical (unpaired) electrons. The number of alkyl halides is 6. The van der Waals surface area contributed by atoms with Crippen molar-refractivity contribution < 1.29 is 31.1 Å². The molecular weight excluding hydrogens is 360 g/mol. The van der Waals surface area contributed by atoms with Crippen LogP contribution in [0, 0.1) is 0 Å². The maximum atomic E-state index is 12.7. The van der Waals surface area contributed by atoms with E-state index in [1.807, 2.05) is 0 Å². The zero-order valence-corrected chi connectivity index (χ0v) is 12.7. The van der Waals surface area contributed by atoms with Gasteiger partial charge >= 0.3 is 12.5 Å². The average molecular weight is 372 g/mol. The van der Waals surface area contributed by atoms with Crippen LogP contribution in [0.4, 0.5) is 26.3 Å². The third kappa shape index (κ3) is 5.04. The molecule has 0 aliphatic rings. The molecule has 0 spiro atoms. The molecule has 0 atom stereocenters. The van der Waals surface area contributed by atoms with Crippen molar-refractivity contribution in [2.45, 2.75) is 19.1 Å². The van der Waals surface area contributed by atoms with E-state index in [2.05, 4.69) is 4.74 Å². The van der Waals surface area contributed by atoms with Crippen molar-refractivity contribution in [3.63, 3.8) is 0 Å². The molecule has 2 nitrogen and oxygen atoms in total. The van der Waals surface area contributed by atoms with Crippen molar-refractivity contribution in [1.29, 1.82) is 0 Å². The highest BCUT2D eigenvalue weighted by atomic mass is 35.5. The Morgan fingerprint density at radius 3 is 2.12 bits per heavy atom. The lowest BCUT2D eigenvalue weighted by molar-refractivity contribution is -0.274. The normalized spacial score (nSPS) is 11.8. The van der Waals surface area contributed by atoms with Crippen molar-refractivity contribution in [2.24, 2.45) is 5.73 Å². The summed E-state index contributed by atoms with van der Waals surface area (Å²) in [6.07, 6.45) is -9.38. The molecule has 2 aromatic carbocycles. The number of rotatable bonds is 3. The number of nitrogens with two attached hydrogens (primary N) is 1. The second-order valence-electron chi connectivity index (χ2n) is 4.65. The van der Waals surface area contributed by atoms with Crippen LogP contribution in [-0.4, -0.2) is 6.36 Å². The van der Waals surface area contributed by atoms with Gasteiger partial charge in [-0.3, -0.25) is 0 Å². The first-order chi connectivity index (χ1) is 10.6. The zero-order valence-electron chi connectivity index (χ0n) is 11.9. The Morgan fingerprint density at radius 2 is 1.58 bits per heavy atom. The van der Waals surface area contributed by atoms with Crippen LogP contribution in [0.25, 0.3) is 11.1 Å². The minimum Gasteiger partial charge on any atom is -0.406 e. The Balaban J connectivity index is 0.00000288. The fourth-order valence-corrected chi connectivity index (χ4v) is 2.08. The lowest BCUT2D eigenvalue weighted by Gasteiger charge is -2.14. The summed E-state index contributed by atoms with van der Waals surface area (Å²) in [4.78, 5) is 0. The summed E-state index contributed by atoms with van der Waals surface area (Å²) in [7, 11) is 0. The van der Waals surface area contributed by atoms with Crippen LogP contribution in [0.5, 0.6) is 5.75 Å². The molecule has 24 heavy (non-hydrogen) atoms. The Labute approximate surface area is 139 Å². The molecular formula is C15H12ClF6NO. The molecule has 0 heterocycles. The predicted molar refractivity (Wildman–Crippen MR) is 78.7 cm³/mol. The number of hydrogen-bond donors (Lipinski definition) is 1. The molecule has 9 heteroatoms. The summed E-state index contributed by atoms with van der Waals surface area (Å²) >= 11 is 0. The van der Waals surface area contributed by atoms with Gasteiger partial charge < -0.3 is 10.5 Å². The van der Waals surface area contributed by atoms with Crippen LogP contribution in [0.3, 0.4) is 0 Å². The molecule has 0 aliphatic heterocycles. The van der Waals surface area contributed by atoms with Gasteiger partial charge in [0.2, 0.25) is 0 Å². The Hall–Kier alpha value is -1.93. The highest BCUT2D eigenvalue weighted by molar-refractivity contribution is 5.85. The first-order valence-corrected chi connectivity index (χ1v) is 6.36. The maximum Gasteiger partial charge on any atom is 0.573 e. The van der Waals surface area contributed by atoms with E-state index >= 15 is 0 Å². The molecule has 2 rings (SSSR count). The van der Waals surface area contributed by atoms with Gasteiger partial charge in [0.25, 0.3) is 0 Å². The summed E-state index contributed by atoms with van der Waals surface area (Å²) in [5.41, 5.74) is 5.35. The molecule has 0 saturated heterocycles. The molecule has 132 valence electrons. The van der Waals surface area contributed by atoms with E-state index < -0.39 is 23.9 Å². The fraction of sp³-hybridized carbons (Fsp3) is 0.200. The highest BCUT2D eigenvalue weighted by Gasteiger charge is 2.32. The van der Waals surface area contributed by atoms with Crippen molar-refractivity contribution in [1.82, 2.24) is 0 Å². The van der Waals surface area contributed by atoms with Crippen LogP contribution in [0.15, 0.2) is 42.5 Å². The van der Waals surface area contributed by atoms with Gasteiger partial charge in [0.15, 0.2) is 0 Å². The van der Waals surface area contributed by atoms with Gasteiger partial charge in [0, 0.05) is 6.54 Å². The SMILES string of the molecule is Cl.NCc1cc(C(F)(F)F)ccc1-c1cccc(OC(F)(F)F)c1. The lowest BCUT2D eigenvalue weighted by Crippen LogP contribution is -2.17. The van der Waals surface area contributed by atoms with Crippen LogP contribution in [0.2, 0.25) is 0 Å². The molecule has 0 saturated carbocycles. The summed E-state index contributed by atoms with van der Waals surface area (Å²) in [6.45, 7) is -0.191. The molecule has 0 aliphatic carbocycles. The van der Waals surface area contributed by atoms with Crippen LogP contribution < -0.4 is 10.5 Å². The molecule has 0 fully saturated rings. The van der Waals surface area contributed by atoms with Gasteiger partial charge in [-0.15, -0.1) is 25.6 Å². The van der Waals surface area contributed by atoms with Gasteiger partial charge in [-0.1, -0.05) is 18.2 Å². The number of ether oxygens (including phenoxy) is 1. The smallest absolute Gasteiger partial charge is 0.406 e. The van der Waals surface area contributed by atoms with Gasteiger partial charge in [-0.05, 0) is 41.0 Å². The summed E-state index contributed by atoms with van der Waals surface area (Å²) in [5.74, 6) is -0.460.